The van der Waals surface area contributed by atoms with Gasteiger partial charge in [-0.15, -0.1) is 0 Å². The van der Waals surface area contributed by atoms with Gasteiger partial charge in [0, 0.05) is 12.6 Å². The lowest BCUT2D eigenvalue weighted by atomic mass is 9.85. The highest BCUT2D eigenvalue weighted by Crippen LogP contribution is 2.23. The van der Waals surface area contributed by atoms with Crippen LogP contribution < -0.4 is 10.6 Å². The van der Waals surface area contributed by atoms with Gasteiger partial charge in [-0.2, -0.15) is 0 Å². The maximum Gasteiger partial charge on any atom is 0.236 e. The Morgan fingerprint density at radius 2 is 1.88 bits per heavy atom. The van der Waals surface area contributed by atoms with Crippen molar-refractivity contribution in [3.8, 4) is 0 Å². The molecule has 1 saturated carbocycles. The SMILES string of the molecule is CC(C)CNC(=O)C(C)NC1CCCCC1C. The van der Waals surface area contributed by atoms with Gasteiger partial charge in [0.2, 0.25) is 5.91 Å². The zero-order chi connectivity index (χ0) is 12.8. The van der Waals surface area contributed by atoms with Gasteiger partial charge >= 0.3 is 0 Å². The molecular formula is C14H28N2O. The molecule has 0 bridgehead atoms. The molecule has 3 heteroatoms. The number of hydrogen-bond donors (Lipinski definition) is 2. The van der Waals surface area contributed by atoms with Crippen molar-refractivity contribution in [2.75, 3.05) is 6.54 Å². The normalized spacial score (nSPS) is 26.9. The minimum absolute atomic E-state index is 0.0701. The van der Waals surface area contributed by atoms with E-state index in [0.29, 0.717) is 17.9 Å². The smallest absolute Gasteiger partial charge is 0.236 e. The lowest BCUT2D eigenvalue weighted by Gasteiger charge is -2.31. The molecular weight excluding hydrogens is 212 g/mol. The van der Waals surface area contributed by atoms with E-state index in [1.807, 2.05) is 6.92 Å². The second kappa shape index (κ2) is 7.00. The van der Waals surface area contributed by atoms with Crippen LogP contribution in [0.4, 0.5) is 0 Å². The fraction of sp³-hybridized carbons (Fsp3) is 0.929. The third-order valence-electron chi connectivity index (χ3n) is 3.65. The molecule has 1 fully saturated rings. The third kappa shape index (κ3) is 5.07. The molecule has 1 aliphatic carbocycles. The van der Waals surface area contributed by atoms with Crippen molar-refractivity contribution >= 4 is 5.91 Å². The highest BCUT2D eigenvalue weighted by Gasteiger charge is 2.24. The van der Waals surface area contributed by atoms with Crippen molar-refractivity contribution in [3.05, 3.63) is 0 Å². The summed E-state index contributed by atoms with van der Waals surface area (Å²) in [5, 5.41) is 6.46. The summed E-state index contributed by atoms with van der Waals surface area (Å²) in [5.41, 5.74) is 0. The summed E-state index contributed by atoms with van der Waals surface area (Å²) in [5.74, 6) is 1.35. The van der Waals surface area contributed by atoms with E-state index in [1.54, 1.807) is 0 Å². The molecule has 1 amide bonds. The van der Waals surface area contributed by atoms with E-state index < -0.39 is 0 Å². The van der Waals surface area contributed by atoms with Crippen molar-refractivity contribution in [3.63, 3.8) is 0 Å². The second-order valence-corrected chi connectivity index (χ2v) is 5.90. The molecule has 100 valence electrons. The Morgan fingerprint density at radius 1 is 1.24 bits per heavy atom. The number of carbonyl (C=O) groups is 1. The summed E-state index contributed by atoms with van der Waals surface area (Å²) < 4.78 is 0. The summed E-state index contributed by atoms with van der Waals surface area (Å²) in [7, 11) is 0. The lowest BCUT2D eigenvalue weighted by molar-refractivity contribution is -0.123. The molecule has 3 nitrogen and oxygen atoms in total. The molecule has 0 heterocycles. The average molecular weight is 240 g/mol. The summed E-state index contributed by atoms with van der Waals surface area (Å²) in [6.07, 6.45) is 5.14. The number of carbonyl (C=O) groups excluding carboxylic acids is 1. The Hall–Kier alpha value is -0.570. The van der Waals surface area contributed by atoms with Crippen LogP contribution in [-0.2, 0) is 4.79 Å². The van der Waals surface area contributed by atoms with Crippen LogP contribution in [0.2, 0.25) is 0 Å². The molecule has 3 unspecified atom stereocenters. The first-order valence-corrected chi connectivity index (χ1v) is 7.04. The first-order chi connectivity index (χ1) is 8.00. The Labute approximate surface area is 106 Å². The first-order valence-electron chi connectivity index (χ1n) is 7.04. The topological polar surface area (TPSA) is 41.1 Å². The lowest BCUT2D eigenvalue weighted by Crippen LogP contribution is -2.49. The highest BCUT2D eigenvalue weighted by molar-refractivity contribution is 5.81. The largest absolute Gasteiger partial charge is 0.354 e. The summed E-state index contributed by atoms with van der Waals surface area (Å²) in [6, 6.07) is 0.447. The predicted molar refractivity (Wildman–Crippen MR) is 71.9 cm³/mol. The number of rotatable bonds is 5. The monoisotopic (exact) mass is 240 g/mol. The number of amides is 1. The molecule has 3 atom stereocenters. The zero-order valence-electron chi connectivity index (χ0n) is 11.8. The van der Waals surface area contributed by atoms with E-state index >= 15 is 0 Å². The van der Waals surface area contributed by atoms with Crippen LogP contribution in [-0.4, -0.2) is 24.5 Å². The summed E-state index contributed by atoms with van der Waals surface area (Å²) in [4.78, 5) is 11.9. The van der Waals surface area contributed by atoms with Gasteiger partial charge < -0.3 is 10.6 Å². The van der Waals surface area contributed by atoms with Crippen molar-refractivity contribution in [2.24, 2.45) is 11.8 Å². The van der Waals surface area contributed by atoms with Crippen LogP contribution in [0.15, 0.2) is 0 Å². The van der Waals surface area contributed by atoms with Gasteiger partial charge in [0.1, 0.15) is 0 Å². The van der Waals surface area contributed by atoms with Crippen LogP contribution in [0.1, 0.15) is 53.4 Å². The summed E-state index contributed by atoms with van der Waals surface area (Å²) >= 11 is 0. The minimum Gasteiger partial charge on any atom is -0.354 e. The molecule has 2 N–H and O–H groups in total. The third-order valence-corrected chi connectivity index (χ3v) is 3.65. The van der Waals surface area contributed by atoms with Gasteiger partial charge in [0.25, 0.3) is 0 Å². The minimum atomic E-state index is -0.0701. The zero-order valence-corrected chi connectivity index (χ0v) is 11.8. The van der Waals surface area contributed by atoms with Gasteiger partial charge in [0.05, 0.1) is 6.04 Å². The van der Waals surface area contributed by atoms with Gasteiger partial charge in [0.15, 0.2) is 0 Å². The molecule has 0 saturated heterocycles. The van der Waals surface area contributed by atoms with E-state index in [4.69, 9.17) is 0 Å². The molecule has 1 rings (SSSR count). The summed E-state index contributed by atoms with van der Waals surface area (Å²) in [6.45, 7) is 9.25. The second-order valence-electron chi connectivity index (χ2n) is 5.90. The van der Waals surface area contributed by atoms with Crippen molar-refractivity contribution in [1.29, 1.82) is 0 Å². The fourth-order valence-electron chi connectivity index (χ4n) is 2.42. The van der Waals surface area contributed by atoms with E-state index in [9.17, 15) is 4.79 Å². The Balaban J connectivity index is 2.31. The molecule has 0 aromatic heterocycles. The number of hydrogen-bond acceptors (Lipinski definition) is 2. The van der Waals surface area contributed by atoms with E-state index in [1.165, 1.54) is 25.7 Å². The highest BCUT2D eigenvalue weighted by atomic mass is 16.2. The van der Waals surface area contributed by atoms with Crippen molar-refractivity contribution < 1.29 is 4.79 Å². The van der Waals surface area contributed by atoms with Gasteiger partial charge in [-0.3, -0.25) is 4.79 Å². The molecule has 1 aliphatic rings. The molecule has 0 radical (unpaired) electrons. The maximum atomic E-state index is 11.9. The van der Waals surface area contributed by atoms with Crippen LogP contribution in [0.25, 0.3) is 0 Å². The Bertz CT molecular complexity index is 240. The van der Waals surface area contributed by atoms with Crippen LogP contribution in [0, 0.1) is 11.8 Å². The quantitative estimate of drug-likeness (QED) is 0.774. The average Bonchev–Trinajstić information content (AvgIpc) is 2.28. The van der Waals surface area contributed by atoms with E-state index in [2.05, 4.69) is 31.4 Å². The van der Waals surface area contributed by atoms with Crippen LogP contribution in [0.5, 0.6) is 0 Å². The van der Waals surface area contributed by atoms with Crippen molar-refractivity contribution in [2.45, 2.75) is 65.5 Å². The molecule has 0 spiro atoms. The van der Waals surface area contributed by atoms with Crippen LogP contribution in [0.3, 0.4) is 0 Å². The van der Waals surface area contributed by atoms with E-state index in [-0.39, 0.29) is 11.9 Å². The molecule has 0 aliphatic heterocycles. The first kappa shape index (κ1) is 14.5. The molecule has 0 aromatic rings. The standard InChI is InChI=1S/C14H28N2O/c1-10(2)9-15-14(17)12(4)16-13-8-6-5-7-11(13)3/h10-13,16H,5-9H2,1-4H3,(H,15,17). The Morgan fingerprint density at radius 3 is 2.47 bits per heavy atom. The van der Waals surface area contributed by atoms with Crippen LogP contribution >= 0.6 is 0 Å². The molecule has 0 aromatic carbocycles. The van der Waals surface area contributed by atoms with E-state index in [0.717, 1.165) is 6.54 Å². The van der Waals surface area contributed by atoms with Gasteiger partial charge in [-0.05, 0) is 31.6 Å². The maximum absolute atomic E-state index is 11.9. The van der Waals surface area contributed by atoms with Crippen molar-refractivity contribution in [1.82, 2.24) is 10.6 Å². The Kier molecular flexibility index (Phi) is 5.96. The fourth-order valence-corrected chi connectivity index (χ4v) is 2.42. The van der Waals surface area contributed by atoms with Gasteiger partial charge in [-0.25, -0.2) is 0 Å². The number of nitrogens with one attached hydrogen (secondary N) is 2. The molecule has 17 heavy (non-hydrogen) atoms. The van der Waals surface area contributed by atoms with Gasteiger partial charge in [-0.1, -0.05) is 33.6 Å². The predicted octanol–water partition coefficient (Wildman–Crippen LogP) is 2.32.